The van der Waals surface area contributed by atoms with Gasteiger partial charge in [-0.05, 0) is 12.8 Å². The van der Waals surface area contributed by atoms with Gasteiger partial charge in [0.15, 0.2) is 0 Å². The lowest BCUT2D eigenvalue weighted by Crippen LogP contribution is -2.56. The van der Waals surface area contributed by atoms with Gasteiger partial charge >= 0.3 is 20.5 Å². The molecule has 0 aliphatic heterocycles. The van der Waals surface area contributed by atoms with Crippen molar-refractivity contribution in [3.63, 3.8) is 0 Å². The van der Waals surface area contributed by atoms with Crippen molar-refractivity contribution in [1.82, 2.24) is 0 Å². The van der Waals surface area contributed by atoms with Crippen molar-refractivity contribution in [3.05, 3.63) is 25.3 Å². The molecule has 5 heteroatoms. The third-order valence-corrected chi connectivity index (χ3v) is 8.88. The summed E-state index contributed by atoms with van der Waals surface area (Å²) >= 11 is 0. The van der Waals surface area contributed by atoms with Crippen molar-refractivity contribution in [2.45, 2.75) is 58.0 Å². The number of rotatable bonds is 8. The van der Waals surface area contributed by atoms with E-state index in [1.165, 1.54) is 0 Å². The Morgan fingerprint density at radius 2 is 1.55 bits per heavy atom. The van der Waals surface area contributed by atoms with Crippen LogP contribution in [0.1, 0.15) is 47.5 Å². The molecule has 1 atom stereocenters. The topological polar surface area (TPSA) is 52.6 Å². The minimum Gasteiger partial charge on any atom is -0.481 e. The van der Waals surface area contributed by atoms with Crippen molar-refractivity contribution in [2.75, 3.05) is 0 Å². The van der Waals surface area contributed by atoms with Crippen LogP contribution in [0.4, 0.5) is 0 Å². The molecule has 0 aromatic carbocycles. The van der Waals surface area contributed by atoms with E-state index in [-0.39, 0.29) is 5.54 Å². The molecule has 0 fully saturated rings. The van der Waals surface area contributed by atoms with Gasteiger partial charge in [-0.15, -0.1) is 0 Å². The summed E-state index contributed by atoms with van der Waals surface area (Å²) in [6, 6.07) is 0. The van der Waals surface area contributed by atoms with E-state index >= 15 is 0 Å². The van der Waals surface area contributed by atoms with E-state index in [2.05, 4.69) is 13.2 Å². The average molecular weight is 298 g/mol. The fourth-order valence-corrected chi connectivity index (χ4v) is 6.19. The van der Waals surface area contributed by atoms with E-state index in [0.717, 1.165) is 25.0 Å². The van der Waals surface area contributed by atoms with Gasteiger partial charge in [0.1, 0.15) is 0 Å². The molecular formula is C15H26O4Si. The molecule has 0 bridgehead atoms. The lowest BCUT2D eigenvalue weighted by molar-refractivity contribution is -0.137. The predicted molar refractivity (Wildman–Crippen MR) is 82.4 cm³/mol. The van der Waals surface area contributed by atoms with Crippen LogP contribution in [0.25, 0.3) is 0 Å². The first-order valence-electron chi connectivity index (χ1n) is 6.91. The molecular weight excluding hydrogens is 272 g/mol. The van der Waals surface area contributed by atoms with Crippen LogP contribution < -0.4 is 0 Å². The Hall–Kier alpha value is -1.36. The summed E-state index contributed by atoms with van der Waals surface area (Å²) in [7, 11) is -3.14. The SMILES string of the molecule is C=CC(=O)O[Si](OC(=O)C=C)(C(C)CC)C(C)(C)CC. The van der Waals surface area contributed by atoms with E-state index < -0.39 is 25.5 Å². The highest BCUT2D eigenvalue weighted by Gasteiger charge is 2.60. The Balaban J connectivity index is 5.87. The first-order valence-corrected chi connectivity index (χ1v) is 8.80. The zero-order valence-electron chi connectivity index (χ0n) is 13.2. The highest BCUT2D eigenvalue weighted by atomic mass is 28.4. The molecule has 0 aliphatic carbocycles. The molecule has 114 valence electrons. The lowest BCUT2D eigenvalue weighted by atomic mass is 10.1. The molecule has 0 aromatic rings. The molecule has 0 saturated heterocycles. The Kier molecular flexibility index (Phi) is 6.92. The molecule has 0 amide bonds. The summed E-state index contributed by atoms with van der Waals surface area (Å²) in [5.74, 6) is -1.09. The molecule has 1 unspecified atom stereocenters. The predicted octanol–water partition coefficient (Wildman–Crippen LogP) is 3.88. The van der Waals surface area contributed by atoms with Crippen LogP contribution in [-0.2, 0) is 18.4 Å². The maximum absolute atomic E-state index is 11.8. The van der Waals surface area contributed by atoms with E-state index in [1.807, 2.05) is 34.6 Å². The molecule has 4 nitrogen and oxygen atoms in total. The highest BCUT2D eigenvalue weighted by molar-refractivity contribution is 6.75. The Morgan fingerprint density at radius 1 is 1.15 bits per heavy atom. The fraction of sp³-hybridized carbons (Fsp3) is 0.600. The summed E-state index contributed by atoms with van der Waals surface area (Å²) < 4.78 is 11.3. The van der Waals surface area contributed by atoms with Gasteiger partial charge in [-0.25, -0.2) is 9.59 Å². The van der Waals surface area contributed by atoms with Gasteiger partial charge < -0.3 is 8.85 Å². The van der Waals surface area contributed by atoms with E-state index in [1.54, 1.807) is 0 Å². The minimum absolute atomic E-state index is 0.0229. The maximum atomic E-state index is 11.8. The molecule has 0 rings (SSSR count). The quantitative estimate of drug-likeness (QED) is 0.504. The van der Waals surface area contributed by atoms with Crippen LogP contribution in [0.15, 0.2) is 25.3 Å². The molecule has 0 N–H and O–H groups in total. The van der Waals surface area contributed by atoms with Crippen molar-refractivity contribution in [3.8, 4) is 0 Å². The smallest absolute Gasteiger partial charge is 0.473 e. The Bertz CT molecular complexity index is 365. The zero-order valence-corrected chi connectivity index (χ0v) is 14.2. The van der Waals surface area contributed by atoms with Gasteiger partial charge in [0.25, 0.3) is 0 Å². The zero-order chi connectivity index (χ0) is 16.0. The van der Waals surface area contributed by atoms with Crippen molar-refractivity contribution < 1.29 is 18.4 Å². The molecule has 0 aromatic heterocycles. The standard InChI is InChI=1S/C15H26O4Si/c1-8-12(5)20(15(6,7)11-4,18-13(16)9-2)19-14(17)10-3/h9-10,12H,2-3,8,11H2,1,4-7H3. The monoisotopic (exact) mass is 298 g/mol. The lowest BCUT2D eigenvalue weighted by Gasteiger charge is -2.43. The normalized spacial score (nSPS) is 13.2. The van der Waals surface area contributed by atoms with E-state index in [9.17, 15) is 9.59 Å². The number of carbonyl (C=O) groups excluding carboxylic acids is 2. The van der Waals surface area contributed by atoms with Crippen LogP contribution in [-0.4, -0.2) is 20.5 Å². The number of hydrogen-bond acceptors (Lipinski definition) is 4. The van der Waals surface area contributed by atoms with Gasteiger partial charge in [0, 0.05) is 22.7 Å². The summed E-state index contributed by atoms with van der Waals surface area (Å²) in [4.78, 5) is 23.5. The van der Waals surface area contributed by atoms with Crippen molar-refractivity contribution in [1.29, 1.82) is 0 Å². The van der Waals surface area contributed by atoms with Crippen molar-refractivity contribution in [2.24, 2.45) is 0 Å². The summed E-state index contributed by atoms with van der Waals surface area (Å²) in [5.41, 5.74) is -0.0229. The molecule has 0 aliphatic rings. The first kappa shape index (κ1) is 18.6. The van der Waals surface area contributed by atoms with Crippen LogP contribution in [0.5, 0.6) is 0 Å². The molecule has 0 heterocycles. The van der Waals surface area contributed by atoms with Gasteiger partial charge in [0.2, 0.25) is 0 Å². The molecule has 20 heavy (non-hydrogen) atoms. The van der Waals surface area contributed by atoms with Gasteiger partial charge in [-0.2, -0.15) is 0 Å². The second-order valence-electron chi connectivity index (χ2n) is 5.46. The molecule has 0 saturated carbocycles. The second-order valence-corrected chi connectivity index (χ2v) is 9.55. The van der Waals surface area contributed by atoms with Crippen molar-refractivity contribution >= 4 is 20.5 Å². The van der Waals surface area contributed by atoms with E-state index in [4.69, 9.17) is 8.85 Å². The molecule has 0 radical (unpaired) electrons. The highest BCUT2D eigenvalue weighted by Crippen LogP contribution is 2.49. The third-order valence-electron chi connectivity index (χ3n) is 3.93. The Labute approximate surface area is 123 Å². The van der Waals surface area contributed by atoms with Crippen LogP contribution >= 0.6 is 0 Å². The largest absolute Gasteiger partial charge is 0.481 e. The van der Waals surface area contributed by atoms with Gasteiger partial charge in [-0.1, -0.05) is 47.8 Å². The number of carbonyl (C=O) groups is 2. The van der Waals surface area contributed by atoms with E-state index in [0.29, 0.717) is 0 Å². The fourth-order valence-electron chi connectivity index (χ4n) is 2.06. The van der Waals surface area contributed by atoms with Gasteiger partial charge in [-0.3, -0.25) is 0 Å². The first-order chi connectivity index (χ1) is 9.20. The minimum atomic E-state index is -3.14. The van der Waals surface area contributed by atoms with Crippen LogP contribution in [0, 0.1) is 0 Å². The van der Waals surface area contributed by atoms with Crippen LogP contribution in [0.2, 0.25) is 10.6 Å². The summed E-state index contributed by atoms with van der Waals surface area (Å²) in [6.07, 6.45) is 3.71. The van der Waals surface area contributed by atoms with Gasteiger partial charge in [0.05, 0.1) is 0 Å². The average Bonchev–Trinajstić information content (AvgIpc) is 2.44. The summed E-state index contributed by atoms with van der Waals surface area (Å²) in [5, 5.41) is -0.403. The maximum Gasteiger partial charge on any atom is 0.473 e. The third kappa shape index (κ3) is 3.82. The molecule has 0 spiro atoms. The van der Waals surface area contributed by atoms with Crippen LogP contribution in [0.3, 0.4) is 0 Å². The summed E-state index contributed by atoms with van der Waals surface area (Å²) in [6.45, 7) is 16.7. The number of hydrogen-bond donors (Lipinski definition) is 0. The Morgan fingerprint density at radius 3 is 1.80 bits per heavy atom. The second kappa shape index (κ2) is 7.43.